The Hall–Kier alpha value is -4.14. The van der Waals surface area contributed by atoms with Crippen LogP contribution in [0.2, 0.25) is 0 Å². The van der Waals surface area contributed by atoms with Gasteiger partial charge in [0.2, 0.25) is 0 Å². The fourth-order valence-corrected chi connectivity index (χ4v) is 4.28. The number of imidazole rings is 1. The van der Waals surface area contributed by atoms with Gasteiger partial charge in [0.25, 0.3) is 11.8 Å². The summed E-state index contributed by atoms with van der Waals surface area (Å²) < 4.78 is 5.23. The van der Waals surface area contributed by atoms with Gasteiger partial charge in [-0.3, -0.25) is 14.9 Å². The Labute approximate surface area is 183 Å². The first kappa shape index (κ1) is 19.8. The van der Waals surface area contributed by atoms with Crippen molar-refractivity contribution < 1.29 is 19.1 Å². The molecule has 0 radical (unpaired) electrons. The van der Waals surface area contributed by atoms with Gasteiger partial charge in [0.05, 0.1) is 25.5 Å². The Kier molecular flexibility index (Phi) is 4.47. The van der Waals surface area contributed by atoms with Crippen LogP contribution in [0.5, 0.6) is 5.75 Å². The zero-order valence-electron chi connectivity index (χ0n) is 17.6. The van der Waals surface area contributed by atoms with Gasteiger partial charge in [0, 0.05) is 12.1 Å². The number of fused-ring (bicyclic) bond motifs is 1. The Bertz CT molecular complexity index is 1250. The van der Waals surface area contributed by atoms with Crippen LogP contribution in [0, 0.1) is 6.92 Å². The van der Waals surface area contributed by atoms with Crippen LogP contribution < -0.4 is 15.4 Å². The highest BCUT2D eigenvalue weighted by Crippen LogP contribution is 2.33. The van der Waals surface area contributed by atoms with Crippen LogP contribution in [0.1, 0.15) is 27.3 Å². The third-order valence-electron chi connectivity index (χ3n) is 5.96. The minimum atomic E-state index is -1.39. The van der Waals surface area contributed by atoms with Crippen LogP contribution in [0.4, 0.5) is 4.79 Å². The predicted octanol–water partition coefficient (Wildman–Crippen LogP) is 2.08. The van der Waals surface area contributed by atoms with Crippen LogP contribution in [0.15, 0.2) is 48.7 Å². The number of carbonyl (C=O) groups is 3. The first-order chi connectivity index (χ1) is 15.4. The quantitative estimate of drug-likeness (QED) is 0.535. The van der Waals surface area contributed by atoms with Gasteiger partial charge in [-0.2, -0.15) is 0 Å². The lowest BCUT2D eigenvalue weighted by molar-refractivity contribution is -0.124. The van der Waals surface area contributed by atoms with Crippen LogP contribution in [0.3, 0.4) is 0 Å². The Balaban J connectivity index is 1.48. The normalized spacial score (nSPS) is 19.7. The fraction of sp³-hybridized carbons (Fsp3) is 0.217. The average Bonchev–Trinajstić information content (AvgIpc) is 3.44. The van der Waals surface area contributed by atoms with Gasteiger partial charge in [-0.1, -0.05) is 30.3 Å². The minimum Gasteiger partial charge on any atom is -0.497 e. The second kappa shape index (κ2) is 7.23. The van der Waals surface area contributed by atoms with Gasteiger partial charge in [0.15, 0.2) is 5.54 Å². The summed E-state index contributed by atoms with van der Waals surface area (Å²) in [6.07, 6.45) is 1.73. The molecule has 1 fully saturated rings. The number of hydrogen-bond acceptors (Lipinski definition) is 5. The molecule has 2 aliphatic heterocycles. The molecule has 3 heterocycles. The number of H-pyrrole nitrogens is 1. The summed E-state index contributed by atoms with van der Waals surface area (Å²) in [5.41, 5.74) is 2.33. The number of hydrogen-bond donors (Lipinski definition) is 3. The van der Waals surface area contributed by atoms with E-state index in [4.69, 9.17) is 4.74 Å². The van der Waals surface area contributed by atoms with Gasteiger partial charge < -0.3 is 19.9 Å². The molecule has 2 aliphatic rings. The highest BCUT2D eigenvalue weighted by atomic mass is 16.5. The van der Waals surface area contributed by atoms with Crippen molar-refractivity contribution in [2.24, 2.45) is 0 Å². The summed E-state index contributed by atoms with van der Waals surface area (Å²) in [6.45, 7) is 2.21. The Morgan fingerprint density at radius 1 is 1.12 bits per heavy atom. The maximum atomic E-state index is 13.1. The fourth-order valence-electron chi connectivity index (χ4n) is 4.28. The predicted molar refractivity (Wildman–Crippen MR) is 115 cm³/mol. The smallest absolute Gasteiger partial charge is 0.322 e. The molecule has 2 aromatic carbocycles. The van der Waals surface area contributed by atoms with Crippen molar-refractivity contribution in [2.45, 2.75) is 19.0 Å². The average molecular weight is 431 g/mol. The Morgan fingerprint density at radius 3 is 2.53 bits per heavy atom. The molecular formula is C23H21N5O4. The third-order valence-corrected chi connectivity index (χ3v) is 5.96. The summed E-state index contributed by atoms with van der Waals surface area (Å²) in [6, 6.07) is 12.0. The zero-order valence-corrected chi connectivity index (χ0v) is 17.6. The van der Waals surface area contributed by atoms with Crippen molar-refractivity contribution >= 4 is 17.8 Å². The molecule has 162 valence electrons. The van der Waals surface area contributed by atoms with Crippen LogP contribution >= 0.6 is 0 Å². The van der Waals surface area contributed by atoms with Crippen LogP contribution in [-0.4, -0.2) is 46.4 Å². The summed E-state index contributed by atoms with van der Waals surface area (Å²) >= 11 is 0. The summed E-state index contributed by atoms with van der Waals surface area (Å²) in [5, 5.41) is 5.08. The molecule has 3 N–H and O–H groups in total. The number of aromatic amines is 1. The molecule has 5 rings (SSSR count). The van der Waals surface area contributed by atoms with Gasteiger partial charge in [-0.15, -0.1) is 0 Å². The van der Waals surface area contributed by atoms with E-state index in [1.165, 1.54) is 0 Å². The van der Waals surface area contributed by atoms with E-state index in [-0.39, 0.29) is 12.5 Å². The SMILES string of the molecule is COc1ccc2c(c1)C(=O)N(C[C@@]1(c3ccc(-c4cnc(C)[nH]4)cc3)NC(=O)NC1=O)C2. The summed E-state index contributed by atoms with van der Waals surface area (Å²) in [7, 11) is 1.54. The molecular weight excluding hydrogens is 410 g/mol. The van der Waals surface area contributed by atoms with E-state index < -0.39 is 17.5 Å². The maximum Gasteiger partial charge on any atom is 0.322 e. The molecule has 4 amide bonds. The van der Waals surface area contributed by atoms with Crippen molar-refractivity contribution in [3.05, 3.63) is 71.2 Å². The van der Waals surface area contributed by atoms with Crippen molar-refractivity contribution in [1.82, 2.24) is 25.5 Å². The third kappa shape index (κ3) is 3.09. The number of urea groups is 1. The molecule has 9 heteroatoms. The van der Waals surface area contributed by atoms with Crippen LogP contribution in [-0.2, 0) is 16.9 Å². The van der Waals surface area contributed by atoms with Crippen molar-refractivity contribution in [3.8, 4) is 17.0 Å². The highest BCUT2D eigenvalue weighted by Gasteiger charge is 2.50. The maximum absolute atomic E-state index is 13.1. The molecule has 1 saturated heterocycles. The first-order valence-electron chi connectivity index (χ1n) is 10.1. The van der Waals surface area contributed by atoms with Crippen LogP contribution in [0.25, 0.3) is 11.3 Å². The number of carbonyl (C=O) groups excluding carboxylic acids is 3. The van der Waals surface area contributed by atoms with E-state index in [2.05, 4.69) is 20.6 Å². The van der Waals surface area contributed by atoms with Gasteiger partial charge in [-0.05, 0) is 35.7 Å². The molecule has 9 nitrogen and oxygen atoms in total. The lowest BCUT2D eigenvalue weighted by Crippen LogP contribution is -2.52. The molecule has 32 heavy (non-hydrogen) atoms. The number of aryl methyl sites for hydroxylation is 1. The molecule has 3 aromatic rings. The molecule has 0 bridgehead atoms. The lowest BCUT2D eigenvalue weighted by atomic mass is 9.88. The van der Waals surface area contributed by atoms with Gasteiger partial charge in [-0.25, -0.2) is 9.78 Å². The lowest BCUT2D eigenvalue weighted by Gasteiger charge is -2.31. The molecule has 0 spiro atoms. The summed E-state index contributed by atoms with van der Waals surface area (Å²) in [5.74, 6) is 0.683. The number of nitrogens with one attached hydrogen (secondary N) is 3. The van der Waals surface area contributed by atoms with E-state index in [0.717, 1.165) is 22.6 Å². The highest BCUT2D eigenvalue weighted by molar-refractivity contribution is 6.08. The van der Waals surface area contributed by atoms with Gasteiger partial charge in [0.1, 0.15) is 11.6 Å². The van der Waals surface area contributed by atoms with E-state index in [0.29, 0.717) is 23.4 Å². The number of imide groups is 1. The van der Waals surface area contributed by atoms with E-state index in [1.54, 1.807) is 42.5 Å². The van der Waals surface area contributed by atoms with E-state index >= 15 is 0 Å². The monoisotopic (exact) mass is 431 g/mol. The standard InChI is InChI=1S/C23H21N5O4/c1-13-24-10-19(25-13)14-3-6-16(7-4-14)23(21(30)26-22(31)27-23)12-28-11-15-5-8-17(32-2)9-18(15)20(28)29/h3-10H,11-12H2,1-2H3,(H,24,25)(H2,26,27,30,31)/t23-/m0/s1. The van der Waals surface area contributed by atoms with E-state index in [9.17, 15) is 14.4 Å². The molecule has 1 atom stereocenters. The number of benzene rings is 2. The number of methoxy groups -OCH3 is 1. The second-order valence-corrected chi connectivity index (χ2v) is 7.96. The molecule has 0 aliphatic carbocycles. The molecule has 0 saturated carbocycles. The second-order valence-electron chi connectivity index (χ2n) is 7.96. The topological polar surface area (TPSA) is 116 Å². The Morgan fingerprint density at radius 2 is 1.91 bits per heavy atom. The molecule has 0 unspecified atom stereocenters. The first-order valence-corrected chi connectivity index (χ1v) is 10.1. The van der Waals surface area contributed by atoms with Crippen molar-refractivity contribution in [2.75, 3.05) is 13.7 Å². The zero-order chi connectivity index (χ0) is 22.5. The van der Waals surface area contributed by atoms with Gasteiger partial charge >= 0.3 is 6.03 Å². The number of nitrogens with zero attached hydrogens (tertiary/aromatic N) is 2. The largest absolute Gasteiger partial charge is 0.497 e. The van der Waals surface area contributed by atoms with E-state index in [1.807, 2.05) is 25.1 Å². The molecule has 1 aromatic heterocycles. The van der Waals surface area contributed by atoms with Crippen molar-refractivity contribution in [1.29, 1.82) is 0 Å². The summed E-state index contributed by atoms with van der Waals surface area (Å²) in [4.78, 5) is 47.1. The number of ether oxygens (including phenoxy) is 1. The van der Waals surface area contributed by atoms with Crippen molar-refractivity contribution in [3.63, 3.8) is 0 Å². The number of aromatic nitrogens is 2. The number of amides is 4. The number of rotatable bonds is 5. The minimum absolute atomic E-state index is 0.00289.